The lowest BCUT2D eigenvalue weighted by Crippen LogP contribution is -2.35. The molecule has 0 aromatic heterocycles. The third kappa shape index (κ3) is 2.74. The Labute approximate surface area is 110 Å². The number of nitro benzene ring substituents is 1. The molecule has 0 bridgehead atoms. The molecule has 0 atom stereocenters. The molecule has 6 nitrogen and oxygen atoms in total. The molecule has 0 saturated carbocycles. The van der Waals surface area contributed by atoms with Crippen LogP contribution >= 0.6 is 0 Å². The van der Waals surface area contributed by atoms with Crippen molar-refractivity contribution in [1.82, 2.24) is 4.31 Å². The first-order valence-electron chi connectivity index (χ1n) is 5.87. The molecule has 8 heteroatoms. The van der Waals surface area contributed by atoms with E-state index in [4.69, 9.17) is 0 Å². The van der Waals surface area contributed by atoms with E-state index in [9.17, 15) is 22.9 Å². The van der Waals surface area contributed by atoms with E-state index >= 15 is 0 Å². The van der Waals surface area contributed by atoms with E-state index in [0.717, 1.165) is 31.4 Å². The minimum atomic E-state index is -3.76. The lowest BCUT2D eigenvalue weighted by Gasteiger charge is -2.25. The summed E-state index contributed by atoms with van der Waals surface area (Å²) in [6.07, 6.45) is 2.52. The van der Waals surface area contributed by atoms with Crippen LogP contribution in [0.3, 0.4) is 0 Å². The van der Waals surface area contributed by atoms with E-state index in [1.165, 1.54) is 4.31 Å². The molecular weight excluding hydrogens is 275 g/mol. The Morgan fingerprint density at radius 3 is 2.37 bits per heavy atom. The second kappa shape index (κ2) is 5.22. The third-order valence-corrected chi connectivity index (χ3v) is 4.96. The van der Waals surface area contributed by atoms with Crippen LogP contribution in [-0.2, 0) is 10.0 Å². The minimum Gasteiger partial charge on any atom is -0.258 e. The molecule has 0 amide bonds. The maximum atomic E-state index is 13.5. The first-order valence-corrected chi connectivity index (χ1v) is 7.31. The van der Waals surface area contributed by atoms with Crippen molar-refractivity contribution < 1.29 is 17.7 Å². The normalized spacial score (nSPS) is 17.3. The maximum absolute atomic E-state index is 13.5. The highest BCUT2D eigenvalue weighted by Gasteiger charge is 2.27. The highest BCUT2D eigenvalue weighted by atomic mass is 32.2. The second-order valence-electron chi connectivity index (χ2n) is 4.34. The van der Waals surface area contributed by atoms with Gasteiger partial charge in [-0.25, -0.2) is 8.42 Å². The molecule has 1 heterocycles. The van der Waals surface area contributed by atoms with Gasteiger partial charge in [0.25, 0.3) is 0 Å². The van der Waals surface area contributed by atoms with Gasteiger partial charge in [0.05, 0.1) is 9.82 Å². The number of halogens is 1. The minimum absolute atomic E-state index is 0.238. The van der Waals surface area contributed by atoms with Crippen LogP contribution in [0.25, 0.3) is 0 Å². The highest BCUT2D eigenvalue weighted by Crippen LogP contribution is 2.25. The summed E-state index contributed by atoms with van der Waals surface area (Å²) in [6.45, 7) is 0.807. The molecule has 1 saturated heterocycles. The summed E-state index contributed by atoms with van der Waals surface area (Å²) < 4.78 is 39.2. The Morgan fingerprint density at radius 1 is 1.21 bits per heavy atom. The molecule has 19 heavy (non-hydrogen) atoms. The summed E-state index contributed by atoms with van der Waals surface area (Å²) in [4.78, 5) is 9.37. The van der Waals surface area contributed by atoms with Crippen molar-refractivity contribution in [2.45, 2.75) is 24.2 Å². The Morgan fingerprint density at radius 2 is 1.84 bits per heavy atom. The number of hydrogen-bond donors (Lipinski definition) is 0. The van der Waals surface area contributed by atoms with Gasteiger partial charge in [-0.1, -0.05) is 6.42 Å². The van der Waals surface area contributed by atoms with Crippen molar-refractivity contribution in [3.05, 3.63) is 34.1 Å². The van der Waals surface area contributed by atoms with Crippen molar-refractivity contribution in [2.75, 3.05) is 13.1 Å². The molecule has 1 fully saturated rings. The van der Waals surface area contributed by atoms with Gasteiger partial charge in [-0.2, -0.15) is 8.70 Å². The fraction of sp³-hybridized carbons (Fsp3) is 0.455. The Kier molecular flexibility index (Phi) is 3.81. The molecule has 0 spiro atoms. The van der Waals surface area contributed by atoms with Crippen molar-refractivity contribution in [3.8, 4) is 0 Å². The maximum Gasteiger partial charge on any atom is 0.304 e. The third-order valence-electron chi connectivity index (χ3n) is 3.07. The number of piperidine rings is 1. The molecule has 1 aliphatic heterocycles. The molecule has 0 aliphatic carbocycles. The summed E-state index contributed by atoms with van der Waals surface area (Å²) in [6, 6.07) is 2.67. The topological polar surface area (TPSA) is 80.5 Å². The van der Waals surface area contributed by atoms with E-state index in [2.05, 4.69) is 0 Å². The fourth-order valence-electron chi connectivity index (χ4n) is 2.05. The molecule has 1 aromatic carbocycles. The van der Waals surface area contributed by atoms with Crippen LogP contribution < -0.4 is 0 Å². The van der Waals surface area contributed by atoms with Gasteiger partial charge in [0.15, 0.2) is 0 Å². The van der Waals surface area contributed by atoms with Gasteiger partial charge >= 0.3 is 5.69 Å². The lowest BCUT2D eigenvalue weighted by atomic mass is 10.2. The number of rotatable bonds is 3. The van der Waals surface area contributed by atoms with Gasteiger partial charge in [-0.05, 0) is 18.9 Å². The predicted molar refractivity (Wildman–Crippen MR) is 65.7 cm³/mol. The van der Waals surface area contributed by atoms with Gasteiger partial charge in [0.2, 0.25) is 15.8 Å². The zero-order chi connectivity index (χ0) is 14.0. The number of benzene rings is 1. The monoisotopic (exact) mass is 288 g/mol. The van der Waals surface area contributed by atoms with Gasteiger partial charge < -0.3 is 0 Å². The molecular formula is C11H13FN2O4S. The summed E-state index contributed by atoms with van der Waals surface area (Å²) in [5, 5.41) is 10.5. The summed E-state index contributed by atoms with van der Waals surface area (Å²) >= 11 is 0. The molecule has 2 rings (SSSR count). The molecule has 0 N–H and O–H groups in total. The summed E-state index contributed by atoms with van der Waals surface area (Å²) in [5.41, 5.74) is -0.724. The van der Waals surface area contributed by atoms with Gasteiger partial charge in [0, 0.05) is 25.2 Å². The van der Waals surface area contributed by atoms with Gasteiger partial charge in [-0.15, -0.1) is 0 Å². The van der Waals surface area contributed by atoms with Crippen LogP contribution in [0.2, 0.25) is 0 Å². The predicted octanol–water partition coefficient (Wildman–Crippen LogP) is 1.91. The number of nitrogens with zero attached hydrogens (tertiary/aromatic N) is 2. The van der Waals surface area contributed by atoms with Crippen LogP contribution in [0.1, 0.15) is 19.3 Å². The number of hydrogen-bond acceptors (Lipinski definition) is 4. The molecule has 1 aromatic rings. The first-order chi connectivity index (χ1) is 8.93. The Bertz CT molecular complexity index is 597. The zero-order valence-corrected chi connectivity index (χ0v) is 10.9. The van der Waals surface area contributed by atoms with Crippen molar-refractivity contribution in [2.24, 2.45) is 0 Å². The molecule has 1 aliphatic rings. The van der Waals surface area contributed by atoms with E-state index in [1.807, 2.05) is 0 Å². The van der Waals surface area contributed by atoms with Gasteiger partial charge in [0.1, 0.15) is 0 Å². The molecule has 104 valence electrons. The van der Waals surface area contributed by atoms with E-state index in [-0.39, 0.29) is 4.90 Å². The Balaban J connectivity index is 2.35. The van der Waals surface area contributed by atoms with Crippen molar-refractivity contribution in [3.63, 3.8) is 0 Å². The fourth-order valence-corrected chi connectivity index (χ4v) is 3.58. The highest BCUT2D eigenvalue weighted by molar-refractivity contribution is 7.89. The quantitative estimate of drug-likeness (QED) is 0.628. The zero-order valence-electron chi connectivity index (χ0n) is 10.1. The standard InChI is InChI=1S/C11H13FN2O4S/c12-10-8-9(4-5-11(10)14(15)16)19(17,18)13-6-2-1-3-7-13/h4-5,8H,1-3,6-7H2. The molecule has 0 radical (unpaired) electrons. The van der Waals surface area contributed by atoms with Gasteiger partial charge in [-0.3, -0.25) is 10.1 Å². The SMILES string of the molecule is O=[N+]([O-])c1ccc(S(=O)(=O)N2CCCCC2)cc1F. The van der Waals surface area contributed by atoms with Crippen LogP contribution in [0, 0.1) is 15.9 Å². The second-order valence-corrected chi connectivity index (χ2v) is 6.27. The van der Waals surface area contributed by atoms with E-state index in [0.29, 0.717) is 19.2 Å². The summed E-state index contributed by atoms with van der Waals surface area (Å²) in [5.74, 6) is -1.14. The van der Waals surface area contributed by atoms with Crippen molar-refractivity contribution in [1.29, 1.82) is 0 Å². The van der Waals surface area contributed by atoms with E-state index in [1.54, 1.807) is 0 Å². The largest absolute Gasteiger partial charge is 0.304 e. The van der Waals surface area contributed by atoms with Crippen LogP contribution in [-0.4, -0.2) is 30.7 Å². The van der Waals surface area contributed by atoms with Crippen molar-refractivity contribution >= 4 is 15.7 Å². The van der Waals surface area contributed by atoms with E-state index < -0.39 is 26.5 Å². The number of sulfonamides is 1. The van der Waals surface area contributed by atoms with Crippen LogP contribution in [0.15, 0.2) is 23.1 Å². The first kappa shape index (κ1) is 13.9. The smallest absolute Gasteiger partial charge is 0.258 e. The van der Waals surface area contributed by atoms with Crippen LogP contribution in [0.5, 0.6) is 0 Å². The van der Waals surface area contributed by atoms with Crippen LogP contribution in [0.4, 0.5) is 10.1 Å². The summed E-state index contributed by atoms with van der Waals surface area (Å²) in [7, 11) is -3.76. The molecule has 0 unspecified atom stereocenters. The average molecular weight is 288 g/mol. The average Bonchev–Trinajstić information content (AvgIpc) is 2.39. The Hall–Kier alpha value is -1.54. The number of nitro groups is 1. The lowest BCUT2D eigenvalue weighted by molar-refractivity contribution is -0.387.